The van der Waals surface area contributed by atoms with Crippen molar-refractivity contribution in [3.8, 4) is 11.5 Å². The molecule has 0 aliphatic heterocycles. The van der Waals surface area contributed by atoms with Crippen LogP contribution in [-0.4, -0.2) is 35.1 Å². The summed E-state index contributed by atoms with van der Waals surface area (Å²) in [5, 5.41) is 0.295. The number of unbranched alkanes of at least 4 members (excludes halogenated alkanes) is 5. The van der Waals surface area contributed by atoms with E-state index in [1.54, 1.807) is 0 Å². The normalized spacial score (nSPS) is 13.7. The Labute approximate surface area is 171 Å². The minimum absolute atomic E-state index is 0.229. The van der Waals surface area contributed by atoms with Crippen molar-refractivity contribution < 1.29 is 14.0 Å². The molecule has 0 aliphatic rings. The van der Waals surface area contributed by atoms with E-state index in [4.69, 9.17) is 9.16 Å². The Kier molecular flexibility index (Phi) is 11.8. The summed E-state index contributed by atoms with van der Waals surface area (Å²) in [6, 6.07) is 0. The van der Waals surface area contributed by atoms with E-state index in [0.29, 0.717) is 5.04 Å². The SMILES string of the molecule is CC(=O)O[C@@H](C#C[Si](C)(C)C)CCCCCCCCO[Si](C)(C)C(C)(C)C. The van der Waals surface area contributed by atoms with E-state index in [2.05, 4.69) is 65.0 Å². The second kappa shape index (κ2) is 12.1. The molecule has 0 heterocycles. The van der Waals surface area contributed by atoms with Crippen LogP contribution in [0, 0.1) is 11.5 Å². The first-order valence-electron chi connectivity index (χ1n) is 10.6. The maximum atomic E-state index is 11.3. The number of hydrogen-bond donors (Lipinski definition) is 0. The molecule has 27 heavy (non-hydrogen) atoms. The summed E-state index contributed by atoms with van der Waals surface area (Å²) in [4.78, 5) is 11.3. The molecule has 0 aliphatic carbocycles. The third kappa shape index (κ3) is 14.1. The van der Waals surface area contributed by atoms with Gasteiger partial charge < -0.3 is 9.16 Å². The molecule has 0 aromatic carbocycles. The molecule has 0 bridgehead atoms. The van der Waals surface area contributed by atoms with Gasteiger partial charge in [0.2, 0.25) is 0 Å². The minimum atomic E-state index is -1.59. The second-order valence-electron chi connectivity index (χ2n) is 10.1. The van der Waals surface area contributed by atoms with Crippen LogP contribution in [0.25, 0.3) is 0 Å². The van der Waals surface area contributed by atoms with Crippen LogP contribution < -0.4 is 0 Å². The van der Waals surface area contributed by atoms with Crippen LogP contribution in [0.4, 0.5) is 0 Å². The van der Waals surface area contributed by atoms with Gasteiger partial charge in [-0.3, -0.25) is 4.79 Å². The molecule has 0 spiro atoms. The number of hydrogen-bond acceptors (Lipinski definition) is 3. The van der Waals surface area contributed by atoms with Crippen molar-refractivity contribution in [3.05, 3.63) is 0 Å². The molecule has 0 saturated carbocycles. The molecule has 0 radical (unpaired) electrons. The summed E-state index contributed by atoms with van der Waals surface area (Å²) < 4.78 is 11.6. The van der Waals surface area contributed by atoms with Crippen molar-refractivity contribution in [2.75, 3.05) is 6.61 Å². The van der Waals surface area contributed by atoms with Gasteiger partial charge in [-0.15, -0.1) is 5.54 Å². The van der Waals surface area contributed by atoms with Crippen molar-refractivity contribution >= 4 is 22.4 Å². The zero-order chi connectivity index (χ0) is 21.1. The lowest BCUT2D eigenvalue weighted by Crippen LogP contribution is -2.40. The average molecular weight is 413 g/mol. The van der Waals surface area contributed by atoms with Gasteiger partial charge in [-0.1, -0.05) is 72.0 Å². The summed E-state index contributed by atoms with van der Waals surface area (Å²) in [6.45, 7) is 20.5. The predicted molar refractivity (Wildman–Crippen MR) is 122 cm³/mol. The third-order valence-electron chi connectivity index (χ3n) is 5.05. The number of esters is 1. The van der Waals surface area contributed by atoms with Gasteiger partial charge >= 0.3 is 5.97 Å². The smallest absolute Gasteiger partial charge is 0.303 e. The fraction of sp³-hybridized carbons (Fsp3) is 0.864. The zero-order valence-electron chi connectivity index (χ0n) is 19.5. The monoisotopic (exact) mass is 412 g/mol. The van der Waals surface area contributed by atoms with Gasteiger partial charge in [0.25, 0.3) is 0 Å². The topological polar surface area (TPSA) is 35.5 Å². The van der Waals surface area contributed by atoms with Crippen LogP contribution in [0.2, 0.25) is 37.8 Å². The highest BCUT2D eigenvalue weighted by Gasteiger charge is 2.36. The van der Waals surface area contributed by atoms with Crippen molar-refractivity contribution in [2.24, 2.45) is 0 Å². The standard InChI is InChI=1S/C22H44O3Si2/c1-20(23)25-21(17-19-26(5,6)7)16-14-12-10-11-13-15-18-24-27(8,9)22(2,3)4/h21H,10-16,18H2,1-9H3/t21-/m1/s1. The van der Waals surface area contributed by atoms with Crippen molar-refractivity contribution in [1.82, 2.24) is 0 Å². The molecule has 0 N–H and O–H groups in total. The maximum absolute atomic E-state index is 11.3. The molecule has 0 amide bonds. The van der Waals surface area contributed by atoms with Gasteiger partial charge in [-0.25, -0.2) is 0 Å². The lowest BCUT2D eigenvalue weighted by atomic mass is 10.1. The molecule has 0 saturated heterocycles. The molecule has 0 fully saturated rings. The molecule has 0 unspecified atom stereocenters. The van der Waals surface area contributed by atoms with Crippen LogP contribution >= 0.6 is 0 Å². The minimum Gasteiger partial charge on any atom is -0.449 e. The Balaban J connectivity index is 3.93. The van der Waals surface area contributed by atoms with E-state index in [9.17, 15) is 4.79 Å². The molecule has 3 nitrogen and oxygen atoms in total. The molecule has 1 atom stereocenters. The molecular weight excluding hydrogens is 368 g/mol. The third-order valence-corrected chi connectivity index (χ3v) is 10.5. The fourth-order valence-electron chi connectivity index (χ4n) is 2.34. The first-order chi connectivity index (χ1) is 12.2. The molecule has 158 valence electrons. The fourth-order valence-corrected chi connectivity index (χ4v) is 4.02. The highest BCUT2D eigenvalue weighted by atomic mass is 28.4. The Bertz CT molecular complexity index is 490. The lowest BCUT2D eigenvalue weighted by molar-refractivity contribution is -0.144. The second-order valence-corrected chi connectivity index (χ2v) is 19.7. The summed E-state index contributed by atoms with van der Waals surface area (Å²) in [5.74, 6) is 2.96. The van der Waals surface area contributed by atoms with E-state index in [1.165, 1.54) is 32.6 Å². The van der Waals surface area contributed by atoms with Crippen molar-refractivity contribution in [1.29, 1.82) is 0 Å². The first kappa shape index (κ1) is 26.4. The Morgan fingerprint density at radius 1 is 0.926 bits per heavy atom. The number of ether oxygens (including phenoxy) is 1. The summed E-state index contributed by atoms with van der Waals surface area (Å²) in [5.41, 5.74) is 3.33. The summed E-state index contributed by atoms with van der Waals surface area (Å²) in [6.07, 6.45) is 7.74. The molecule has 5 heteroatoms. The summed E-state index contributed by atoms with van der Waals surface area (Å²) >= 11 is 0. The van der Waals surface area contributed by atoms with Crippen LogP contribution in [0.1, 0.15) is 72.6 Å². The van der Waals surface area contributed by atoms with E-state index in [-0.39, 0.29) is 12.1 Å². The Hall–Kier alpha value is -0.576. The van der Waals surface area contributed by atoms with Gasteiger partial charge in [0.05, 0.1) is 0 Å². The zero-order valence-corrected chi connectivity index (χ0v) is 21.5. The van der Waals surface area contributed by atoms with Crippen LogP contribution in [0.3, 0.4) is 0 Å². The van der Waals surface area contributed by atoms with E-state index in [1.807, 2.05) is 0 Å². The van der Waals surface area contributed by atoms with Crippen molar-refractivity contribution in [2.45, 2.75) is 117 Å². The largest absolute Gasteiger partial charge is 0.449 e. The molecule has 0 rings (SSSR count). The van der Waals surface area contributed by atoms with Crippen LogP contribution in [0.15, 0.2) is 0 Å². The van der Waals surface area contributed by atoms with Crippen LogP contribution in [0.5, 0.6) is 0 Å². The average Bonchev–Trinajstić information content (AvgIpc) is 2.48. The van der Waals surface area contributed by atoms with Gasteiger partial charge in [-0.05, 0) is 37.4 Å². The lowest BCUT2D eigenvalue weighted by Gasteiger charge is -2.36. The van der Waals surface area contributed by atoms with E-state index in [0.717, 1.165) is 25.9 Å². The van der Waals surface area contributed by atoms with Gasteiger partial charge in [0.15, 0.2) is 14.4 Å². The highest BCUT2D eigenvalue weighted by molar-refractivity contribution is 6.83. The van der Waals surface area contributed by atoms with Crippen molar-refractivity contribution in [3.63, 3.8) is 0 Å². The number of rotatable bonds is 11. The first-order valence-corrected chi connectivity index (χ1v) is 17.0. The quantitative estimate of drug-likeness (QED) is 0.167. The van der Waals surface area contributed by atoms with Gasteiger partial charge in [0, 0.05) is 13.5 Å². The van der Waals surface area contributed by atoms with Crippen LogP contribution in [-0.2, 0) is 14.0 Å². The van der Waals surface area contributed by atoms with Gasteiger partial charge in [0.1, 0.15) is 8.07 Å². The molecule has 0 aromatic heterocycles. The molecular formula is C22H44O3Si2. The van der Waals surface area contributed by atoms with Gasteiger partial charge in [-0.2, -0.15) is 0 Å². The highest BCUT2D eigenvalue weighted by Crippen LogP contribution is 2.36. The van der Waals surface area contributed by atoms with E-state index >= 15 is 0 Å². The number of carbonyl (C=O) groups is 1. The number of carbonyl (C=O) groups excluding carboxylic acids is 1. The Morgan fingerprint density at radius 2 is 1.44 bits per heavy atom. The maximum Gasteiger partial charge on any atom is 0.303 e. The predicted octanol–water partition coefficient (Wildman–Crippen LogP) is 6.55. The molecule has 0 aromatic rings. The van der Waals surface area contributed by atoms with E-state index < -0.39 is 16.4 Å². The Morgan fingerprint density at radius 3 is 1.93 bits per heavy atom. The summed E-state index contributed by atoms with van der Waals surface area (Å²) in [7, 11) is -3.02.